The van der Waals surface area contributed by atoms with Crippen LogP contribution in [-0.2, 0) is 9.59 Å². The Kier molecular flexibility index (Phi) is 4.40. The number of Topliss-reactive ketones (excluding diaryl/α,β-unsaturated/α-hetero) is 1. The molecule has 4 aliphatic rings. The molecule has 0 aliphatic heterocycles. The van der Waals surface area contributed by atoms with E-state index in [1.54, 1.807) is 0 Å². The molecule has 0 saturated heterocycles. The summed E-state index contributed by atoms with van der Waals surface area (Å²) in [6.45, 7) is 4.38. The van der Waals surface area contributed by atoms with Gasteiger partial charge in [-0.1, -0.05) is 19.4 Å². The lowest BCUT2D eigenvalue weighted by atomic mass is 9.46. The Labute approximate surface area is 159 Å². The van der Waals surface area contributed by atoms with Gasteiger partial charge in [-0.15, -0.1) is 0 Å². The smallest absolute Gasteiger partial charge is 0.299 e. The molecule has 150 valence electrons. The maximum absolute atomic E-state index is 12.8. The molecule has 2 nitrogen and oxygen atoms in total. The molecular formula is C22H29F3O2. The van der Waals surface area contributed by atoms with Gasteiger partial charge in [-0.05, 0) is 79.6 Å². The molecule has 4 aliphatic carbocycles. The van der Waals surface area contributed by atoms with Crippen LogP contribution in [-0.4, -0.2) is 17.7 Å². The average molecular weight is 382 g/mol. The number of hydrogen-bond acceptors (Lipinski definition) is 2. The Hall–Kier alpha value is -1.13. The molecule has 6 atom stereocenters. The SMILES string of the molecule is C[C@]12CC[C@H]3[C@@H](CCC4=CC(=O)CC[C@@]43C)[C@@H]1CC[C@@H]2C(=O)CC(F)(F)F. The largest absolute Gasteiger partial charge is 0.395 e. The van der Waals surface area contributed by atoms with E-state index >= 15 is 0 Å². The van der Waals surface area contributed by atoms with Crippen LogP contribution in [0.1, 0.15) is 71.6 Å². The van der Waals surface area contributed by atoms with E-state index in [0.717, 1.165) is 38.5 Å². The van der Waals surface area contributed by atoms with Gasteiger partial charge in [0.15, 0.2) is 5.78 Å². The maximum atomic E-state index is 12.8. The summed E-state index contributed by atoms with van der Waals surface area (Å²) in [5, 5.41) is 0. The monoisotopic (exact) mass is 382 g/mol. The summed E-state index contributed by atoms with van der Waals surface area (Å²) in [4.78, 5) is 24.3. The van der Waals surface area contributed by atoms with E-state index in [2.05, 4.69) is 13.8 Å². The molecule has 4 rings (SSSR count). The van der Waals surface area contributed by atoms with E-state index in [0.29, 0.717) is 30.6 Å². The van der Waals surface area contributed by atoms with Gasteiger partial charge in [0, 0.05) is 12.3 Å². The summed E-state index contributed by atoms with van der Waals surface area (Å²) < 4.78 is 38.4. The second-order valence-electron chi connectivity index (χ2n) is 9.90. The van der Waals surface area contributed by atoms with Gasteiger partial charge < -0.3 is 0 Å². The molecule has 0 unspecified atom stereocenters. The zero-order valence-corrected chi connectivity index (χ0v) is 16.2. The number of hydrogen-bond donors (Lipinski definition) is 0. The number of ketones is 2. The predicted molar refractivity (Wildman–Crippen MR) is 95.9 cm³/mol. The van der Waals surface area contributed by atoms with Crippen LogP contribution < -0.4 is 0 Å². The van der Waals surface area contributed by atoms with Crippen LogP contribution >= 0.6 is 0 Å². The highest BCUT2D eigenvalue weighted by Crippen LogP contribution is 2.66. The number of fused-ring (bicyclic) bond motifs is 5. The summed E-state index contributed by atoms with van der Waals surface area (Å²) in [7, 11) is 0. The molecule has 0 heterocycles. The highest BCUT2D eigenvalue weighted by molar-refractivity contribution is 5.91. The Morgan fingerprint density at radius 2 is 1.81 bits per heavy atom. The van der Waals surface area contributed by atoms with Gasteiger partial charge in [0.25, 0.3) is 0 Å². The number of carbonyl (C=O) groups excluding carboxylic acids is 2. The lowest BCUT2D eigenvalue weighted by Crippen LogP contribution is -2.51. The Morgan fingerprint density at radius 1 is 1.07 bits per heavy atom. The first-order valence-electron chi connectivity index (χ1n) is 10.4. The minimum atomic E-state index is -4.41. The number of halogens is 3. The minimum absolute atomic E-state index is 0.0617. The van der Waals surface area contributed by atoms with Crippen LogP contribution in [0.15, 0.2) is 11.6 Å². The zero-order valence-electron chi connectivity index (χ0n) is 16.2. The van der Waals surface area contributed by atoms with Gasteiger partial charge in [-0.2, -0.15) is 13.2 Å². The van der Waals surface area contributed by atoms with Crippen LogP contribution in [0.4, 0.5) is 13.2 Å². The number of alkyl halides is 3. The second kappa shape index (κ2) is 6.18. The van der Waals surface area contributed by atoms with Gasteiger partial charge >= 0.3 is 6.18 Å². The summed E-state index contributed by atoms with van der Waals surface area (Å²) in [5.41, 5.74) is 1.07. The minimum Gasteiger partial charge on any atom is -0.299 e. The van der Waals surface area contributed by atoms with Crippen molar-refractivity contribution in [3.63, 3.8) is 0 Å². The second-order valence-corrected chi connectivity index (χ2v) is 9.90. The van der Waals surface area contributed by atoms with Crippen LogP contribution in [0.25, 0.3) is 0 Å². The summed E-state index contributed by atoms with van der Waals surface area (Å²) in [6, 6.07) is 0. The summed E-state index contributed by atoms with van der Waals surface area (Å²) >= 11 is 0. The topological polar surface area (TPSA) is 34.1 Å². The van der Waals surface area contributed by atoms with E-state index in [-0.39, 0.29) is 16.6 Å². The van der Waals surface area contributed by atoms with Crippen LogP contribution in [0.3, 0.4) is 0 Å². The lowest BCUT2D eigenvalue weighted by molar-refractivity contribution is -0.159. The van der Waals surface area contributed by atoms with Crippen molar-refractivity contribution in [1.29, 1.82) is 0 Å². The summed E-state index contributed by atoms with van der Waals surface area (Å²) in [6.07, 6.45) is 2.93. The van der Waals surface area contributed by atoms with Gasteiger partial charge in [-0.25, -0.2) is 0 Å². The summed E-state index contributed by atoms with van der Waals surface area (Å²) in [5.74, 6) is 0.511. The van der Waals surface area contributed by atoms with E-state index in [9.17, 15) is 22.8 Å². The Balaban J connectivity index is 1.58. The molecule has 0 amide bonds. The third-order valence-corrected chi connectivity index (χ3v) is 8.73. The van der Waals surface area contributed by atoms with Gasteiger partial charge in [0.05, 0.1) is 0 Å². The first-order valence-corrected chi connectivity index (χ1v) is 10.4. The van der Waals surface area contributed by atoms with Crippen molar-refractivity contribution in [2.75, 3.05) is 0 Å². The van der Waals surface area contributed by atoms with Gasteiger partial charge in [0.1, 0.15) is 12.2 Å². The molecule has 3 saturated carbocycles. The van der Waals surface area contributed by atoms with Crippen molar-refractivity contribution in [1.82, 2.24) is 0 Å². The third-order valence-electron chi connectivity index (χ3n) is 8.73. The molecule has 0 N–H and O–H groups in total. The van der Waals surface area contributed by atoms with Crippen LogP contribution in [0, 0.1) is 34.5 Å². The van der Waals surface area contributed by atoms with Crippen molar-refractivity contribution in [2.45, 2.75) is 77.8 Å². The Morgan fingerprint density at radius 3 is 2.52 bits per heavy atom. The molecule has 27 heavy (non-hydrogen) atoms. The first-order chi connectivity index (χ1) is 12.5. The fourth-order valence-electron chi connectivity index (χ4n) is 7.41. The first kappa shape index (κ1) is 19.2. The number of carbonyl (C=O) groups is 2. The standard InChI is InChI=1S/C22H29F3O2/c1-20-9-7-14(26)11-13(20)3-4-15-16-5-6-18(19(27)12-22(23,24)25)21(16,2)10-8-17(15)20/h11,15-18H,3-10,12H2,1-2H3/t15-,16-,17-,18+,20-,21-/m0/s1. The normalized spacial score (nSPS) is 44.2. The van der Waals surface area contributed by atoms with Crippen LogP contribution in [0.5, 0.6) is 0 Å². The fraction of sp³-hybridized carbons (Fsp3) is 0.818. The average Bonchev–Trinajstić information content (AvgIpc) is 2.91. The van der Waals surface area contributed by atoms with Crippen molar-refractivity contribution in [2.24, 2.45) is 34.5 Å². The quantitative estimate of drug-likeness (QED) is 0.618. The van der Waals surface area contributed by atoms with E-state index < -0.39 is 24.3 Å². The van der Waals surface area contributed by atoms with Crippen LogP contribution in [0.2, 0.25) is 0 Å². The molecule has 0 bridgehead atoms. The molecule has 5 heteroatoms. The maximum Gasteiger partial charge on any atom is 0.395 e. The molecular weight excluding hydrogens is 353 g/mol. The molecule has 0 aromatic carbocycles. The molecule has 0 spiro atoms. The molecule has 3 fully saturated rings. The molecule has 0 aromatic heterocycles. The van der Waals surface area contributed by atoms with Gasteiger partial charge in [0.2, 0.25) is 0 Å². The molecule has 0 aromatic rings. The van der Waals surface area contributed by atoms with E-state index in [1.807, 2.05) is 6.08 Å². The third kappa shape index (κ3) is 3.00. The van der Waals surface area contributed by atoms with Crippen molar-refractivity contribution >= 4 is 11.6 Å². The van der Waals surface area contributed by atoms with Gasteiger partial charge in [-0.3, -0.25) is 9.59 Å². The zero-order chi connectivity index (χ0) is 19.6. The highest BCUT2D eigenvalue weighted by Gasteiger charge is 2.60. The predicted octanol–water partition coefficient (Wildman–Crippen LogP) is 5.66. The van der Waals surface area contributed by atoms with Crippen molar-refractivity contribution < 1.29 is 22.8 Å². The van der Waals surface area contributed by atoms with E-state index in [4.69, 9.17) is 0 Å². The van der Waals surface area contributed by atoms with Crippen molar-refractivity contribution in [3.05, 3.63) is 11.6 Å². The highest BCUT2D eigenvalue weighted by atomic mass is 19.4. The fourth-order valence-corrected chi connectivity index (χ4v) is 7.41. The number of rotatable bonds is 2. The number of allylic oxidation sites excluding steroid dienone is 1. The van der Waals surface area contributed by atoms with Crippen molar-refractivity contribution in [3.8, 4) is 0 Å². The van der Waals surface area contributed by atoms with E-state index in [1.165, 1.54) is 5.57 Å². The lowest BCUT2D eigenvalue weighted by Gasteiger charge is -2.58. The molecule has 0 radical (unpaired) electrons. The Bertz CT molecular complexity index is 694.